The maximum atomic E-state index is 4.23. The molecular formula is C20H34Se2. The van der Waals surface area contributed by atoms with Crippen LogP contribution in [0.25, 0.3) is 0 Å². The van der Waals surface area contributed by atoms with Crippen LogP contribution in [0.1, 0.15) is 66.2 Å². The van der Waals surface area contributed by atoms with E-state index in [0.717, 1.165) is 59.6 Å². The van der Waals surface area contributed by atoms with Gasteiger partial charge in [0.1, 0.15) is 0 Å². The Morgan fingerprint density at radius 2 is 1.09 bits per heavy atom. The van der Waals surface area contributed by atoms with Crippen LogP contribution in [0.5, 0.6) is 0 Å². The number of hydrogen-bond acceptors (Lipinski definition) is 0. The monoisotopic (exact) mass is 434 g/mol. The van der Waals surface area contributed by atoms with Gasteiger partial charge in [0, 0.05) is 0 Å². The average molecular weight is 432 g/mol. The fraction of sp³-hybridized carbons (Fsp3) is 0.800. The van der Waals surface area contributed by atoms with Crippen LogP contribution in [0.4, 0.5) is 0 Å². The summed E-state index contributed by atoms with van der Waals surface area (Å²) in [7, 11) is 0. The first-order chi connectivity index (χ1) is 10.4. The van der Waals surface area contributed by atoms with Crippen molar-refractivity contribution >= 4 is 26.3 Å². The minimum atomic E-state index is 0.825. The van der Waals surface area contributed by atoms with Crippen molar-refractivity contribution in [2.75, 3.05) is 0 Å². The standard InChI is InChI=1S/C20H34Se2/c1-13(2)17-9-7-15(5)19(11-17)21-22-20-12-18(14(3)4)10-8-16(20)6/h15-20H,1,3,7-12H2,2,4-6H3/t15-,16-,17-,18-,19-,20-/m0/s1. The number of rotatable bonds is 5. The van der Waals surface area contributed by atoms with E-state index in [1.54, 1.807) is 0 Å². The molecule has 0 saturated heterocycles. The van der Waals surface area contributed by atoms with Gasteiger partial charge in [0.05, 0.1) is 0 Å². The molecule has 0 heterocycles. The second-order valence-corrected chi connectivity index (χ2v) is 15.5. The molecule has 22 heavy (non-hydrogen) atoms. The van der Waals surface area contributed by atoms with Crippen molar-refractivity contribution in [3.63, 3.8) is 0 Å². The quantitative estimate of drug-likeness (QED) is 0.374. The van der Waals surface area contributed by atoms with Crippen molar-refractivity contribution in [1.82, 2.24) is 0 Å². The van der Waals surface area contributed by atoms with Crippen LogP contribution >= 0.6 is 0 Å². The summed E-state index contributed by atoms with van der Waals surface area (Å²) >= 11 is 1.77. The molecule has 0 amide bonds. The van der Waals surface area contributed by atoms with Gasteiger partial charge in [0.25, 0.3) is 0 Å². The molecule has 2 saturated carbocycles. The molecule has 2 aliphatic rings. The second kappa shape index (κ2) is 8.57. The Morgan fingerprint density at radius 3 is 1.41 bits per heavy atom. The van der Waals surface area contributed by atoms with Crippen LogP contribution in [0.2, 0.25) is 9.63 Å². The molecule has 0 spiro atoms. The minimum absolute atomic E-state index is 0.825. The molecule has 0 radical (unpaired) electrons. The number of allylic oxidation sites excluding steroid dienone is 2. The zero-order valence-corrected chi connectivity index (χ0v) is 18.4. The zero-order valence-electron chi connectivity index (χ0n) is 14.9. The summed E-state index contributed by atoms with van der Waals surface area (Å²) in [5.41, 5.74) is 2.88. The molecule has 0 aromatic rings. The summed E-state index contributed by atoms with van der Waals surface area (Å²) in [5, 5.41) is 0. The fourth-order valence-electron chi connectivity index (χ4n) is 3.87. The molecule has 126 valence electrons. The predicted molar refractivity (Wildman–Crippen MR) is 102 cm³/mol. The van der Waals surface area contributed by atoms with E-state index < -0.39 is 0 Å². The molecule has 0 aliphatic heterocycles. The molecular weight excluding hydrogens is 398 g/mol. The molecule has 2 aliphatic carbocycles. The van der Waals surface area contributed by atoms with Gasteiger partial charge in [-0.15, -0.1) is 0 Å². The normalized spacial score (nSPS) is 39.5. The zero-order chi connectivity index (χ0) is 16.3. The summed E-state index contributed by atoms with van der Waals surface area (Å²) in [6.07, 6.45) is 8.57. The first kappa shape index (κ1) is 18.9. The van der Waals surface area contributed by atoms with Crippen LogP contribution in [0, 0.1) is 23.7 Å². The molecule has 0 N–H and O–H groups in total. The molecule has 2 fully saturated rings. The van der Waals surface area contributed by atoms with Gasteiger partial charge in [-0.1, -0.05) is 0 Å². The molecule has 2 rings (SSSR count). The van der Waals surface area contributed by atoms with E-state index in [9.17, 15) is 0 Å². The van der Waals surface area contributed by atoms with Crippen molar-refractivity contribution in [3.8, 4) is 0 Å². The van der Waals surface area contributed by atoms with E-state index in [0.29, 0.717) is 0 Å². The topological polar surface area (TPSA) is 0 Å². The van der Waals surface area contributed by atoms with Gasteiger partial charge in [-0.05, 0) is 0 Å². The van der Waals surface area contributed by atoms with Gasteiger partial charge < -0.3 is 0 Å². The van der Waals surface area contributed by atoms with Gasteiger partial charge >= 0.3 is 150 Å². The fourth-order valence-corrected chi connectivity index (χ4v) is 16.1. The van der Waals surface area contributed by atoms with E-state index >= 15 is 0 Å². The first-order valence-electron chi connectivity index (χ1n) is 9.01. The van der Waals surface area contributed by atoms with Crippen LogP contribution in [0.15, 0.2) is 24.3 Å². The van der Waals surface area contributed by atoms with Gasteiger partial charge in [-0.3, -0.25) is 0 Å². The SMILES string of the molecule is C=C(C)[C@H]1CC[C@H](C)[C@@H]([Se][Se][C@H]2C[C@@H](C(=C)C)CC[C@@H]2C)C1. The van der Waals surface area contributed by atoms with Crippen molar-refractivity contribution in [2.45, 2.75) is 75.9 Å². The third kappa shape index (κ3) is 5.01. The Balaban J connectivity index is 1.87. The Morgan fingerprint density at radius 1 is 0.727 bits per heavy atom. The Bertz CT molecular complexity index is 363. The summed E-state index contributed by atoms with van der Waals surface area (Å²) in [6.45, 7) is 18.0. The molecule has 2 heteroatoms. The van der Waals surface area contributed by atoms with Gasteiger partial charge in [-0.25, -0.2) is 0 Å². The van der Waals surface area contributed by atoms with Gasteiger partial charge in [0.15, 0.2) is 0 Å². The Hall–Kier alpha value is 0.519. The molecule has 6 atom stereocenters. The van der Waals surface area contributed by atoms with Gasteiger partial charge in [0.2, 0.25) is 0 Å². The van der Waals surface area contributed by atoms with Crippen LogP contribution in [-0.2, 0) is 0 Å². The molecule has 0 aromatic heterocycles. The number of hydrogen-bond donors (Lipinski definition) is 0. The summed E-state index contributed by atoms with van der Waals surface area (Å²) in [4.78, 5) is 2.06. The van der Waals surface area contributed by atoms with E-state index in [-0.39, 0.29) is 0 Å². The molecule has 0 unspecified atom stereocenters. The maximum absolute atomic E-state index is 4.23. The Kier molecular flexibility index (Phi) is 7.34. The predicted octanol–water partition coefficient (Wildman–Crippen LogP) is 5.91. The van der Waals surface area contributed by atoms with Crippen LogP contribution in [0.3, 0.4) is 0 Å². The van der Waals surface area contributed by atoms with Gasteiger partial charge in [-0.2, -0.15) is 0 Å². The van der Waals surface area contributed by atoms with Crippen molar-refractivity contribution in [3.05, 3.63) is 24.3 Å². The summed E-state index contributed by atoms with van der Waals surface area (Å²) in [5.74, 6) is 3.58. The van der Waals surface area contributed by atoms with E-state index in [2.05, 4.69) is 40.9 Å². The summed E-state index contributed by atoms with van der Waals surface area (Å²) < 4.78 is 0. The van der Waals surface area contributed by atoms with Crippen LogP contribution in [-0.4, -0.2) is 26.3 Å². The Labute approximate surface area is 149 Å². The van der Waals surface area contributed by atoms with E-state index in [1.807, 2.05) is 0 Å². The van der Waals surface area contributed by atoms with Crippen molar-refractivity contribution in [2.24, 2.45) is 23.7 Å². The van der Waals surface area contributed by atoms with Crippen LogP contribution < -0.4 is 0 Å². The van der Waals surface area contributed by atoms with E-state index in [4.69, 9.17) is 0 Å². The van der Waals surface area contributed by atoms with Crippen molar-refractivity contribution in [1.29, 1.82) is 0 Å². The molecule has 0 aromatic carbocycles. The van der Waals surface area contributed by atoms with E-state index in [1.165, 1.54) is 49.7 Å². The summed E-state index contributed by atoms with van der Waals surface area (Å²) in [6, 6.07) is 0. The third-order valence-electron chi connectivity index (χ3n) is 5.94. The third-order valence-corrected chi connectivity index (χ3v) is 16.6. The van der Waals surface area contributed by atoms with Crippen molar-refractivity contribution < 1.29 is 0 Å². The second-order valence-electron chi connectivity index (χ2n) is 7.94. The molecule has 0 nitrogen and oxygen atoms in total. The molecule has 0 bridgehead atoms. The average Bonchev–Trinajstić information content (AvgIpc) is 2.47. The first-order valence-corrected chi connectivity index (χ1v) is 15.3.